The summed E-state index contributed by atoms with van der Waals surface area (Å²) in [4.78, 5) is 85.7. The Hall–Kier alpha value is -5.75. The summed E-state index contributed by atoms with van der Waals surface area (Å²) in [5.41, 5.74) is 2.07. The number of aryl methyl sites for hydroxylation is 2. The number of phenols is 2. The Kier molecular flexibility index (Phi) is 22.6. The minimum Gasteiger partial charge on any atom is -0.508 e. The number of nitrogens with one attached hydrogen (secondary N) is 3. The predicted molar refractivity (Wildman–Crippen MR) is 215 cm³/mol. The summed E-state index contributed by atoms with van der Waals surface area (Å²) < 4.78 is 0. The number of hydrogen-bond donors (Lipinski definition) is 9. The topological polar surface area (TPSA) is 283 Å². The Morgan fingerprint density at radius 1 is 0.593 bits per heavy atom. The van der Waals surface area contributed by atoms with Gasteiger partial charge >= 0.3 is 23.9 Å². The van der Waals surface area contributed by atoms with Crippen LogP contribution in [0.3, 0.4) is 0 Å². The first-order chi connectivity index (χ1) is 28.1. The van der Waals surface area contributed by atoms with Gasteiger partial charge in [0.1, 0.15) is 17.5 Å². The first-order valence-corrected chi connectivity index (χ1v) is 19.8. The van der Waals surface area contributed by atoms with E-state index in [2.05, 4.69) is 22.9 Å². The summed E-state index contributed by atoms with van der Waals surface area (Å²) in [5, 5.41) is 66.7. The third kappa shape index (κ3) is 21.5. The van der Waals surface area contributed by atoms with Crippen molar-refractivity contribution in [2.45, 2.75) is 103 Å². The number of carbonyl (C=O) groups excluding carboxylic acids is 3. The number of carboxylic acid groups (broad SMARTS) is 4. The first-order valence-electron chi connectivity index (χ1n) is 19.8. The number of aromatic hydroxyl groups is 2. The zero-order chi connectivity index (χ0) is 43.7. The molecule has 1 atom stereocenters. The molecule has 0 heterocycles. The molecule has 0 aliphatic rings. The fourth-order valence-corrected chi connectivity index (χ4v) is 6.12. The van der Waals surface area contributed by atoms with E-state index in [1.807, 2.05) is 0 Å². The monoisotopic (exact) mass is 829 g/mol. The molecule has 0 aliphatic heterocycles. The third-order valence-electron chi connectivity index (χ3n) is 9.34. The molecular weight excluding hydrogens is 770 g/mol. The number of carbonyl (C=O) groups is 7. The Bertz CT molecular complexity index is 1720. The zero-order valence-electron chi connectivity index (χ0n) is 33.6. The summed E-state index contributed by atoms with van der Waals surface area (Å²) in [6.07, 6.45) is 4.52. The molecule has 0 saturated heterocycles. The Morgan fingerprint density at radius 2 is 1.08 bits per heavy atom. The molecule has 0 fully saturated rings. The molecule has 0 aromatic heterocycles. The van der Waals surface area contributed by atoms with Gasteiger partial charge in [-0.05, 0) is 61.8 Å². The van der Waals surface area contributed by atoms with Gasteiger partial charge in [0, 0.05) is 76.1 Å². The van der Waals surface area contributed by atoms with Crippen LogP contribution in [0.1, 0.15) is 93.4 Å². The third-order valence-corrected chi connectivity index (χ3v) is 9.34. The van der Waals surface area contributed by atoms with E-state index < -0.39 is 55.3 Å². The van der Waals surface area contributed by atoms with E-state index in [4.69, 9.17) is 5.11 Å². The number of amides is 3. The van der Waals surface area contributed by atoms with Gasteiger partial charge in [-0.1, -0.05) is 44.0 Å². The van der Waals surface area contributed by atoms with E-state index in [0.29, 0.717) is 42.6 Å². The molecule has 18 heteroatoms. The number of phenolic OH excluding ortho intramolecular Hbond substituents is 2. The lowest BCUT2D eigenvalue weighted by atomic mass is 10.0. The van der Waals surface area contributed by atoms with Crippen molar-refractivity contribution < 1.29 is 64.2 Å². The van der Waals surface area contributed by atoms with Crippen molar-refractivity contribution in [3.8, 4) is 11.5 Å². The summed E-state index contributed by atoms with van der Waals surface area (Å²) in [6, 6.07) is 7.98. The summed E-state index contributed by atoms with van der Waals surface area (Å²) in [5.74, 6) is -5.85. The molecule has 0 spiro atoms. The van der Waals surface area contributed by atoms with E-state index >= 15 is 0 Å². The highest BCUT2D eigenvalue weighted by atomic mass is 16.4. The zero-order valence-corrected chi connectivity index (χ0v) is 33.6. The van der Waals surface area contributed by atoms with Gasteiger partial charge < -0.3 is 46.6 Å². The van der Waals surface area contributed by atoms with Crippen molar-refractivity contribution in [2.75, 3.05) is 39.3 Å². The van der Waals surface area contributed by atoms with Crippen molar-refractivity contribution in [2.24, 2.45) is 0 Å². The van der Waals surface area contributed by atoms with Crippen LogP contribution in [0, 0.1) is 0 Å². The average Bonchev–Trinajstić information content (AvgIpc) is 3.16. The second-order valence-corrected chi connectivity index (χ2v) is 14.4. The van der Waals surface area contributed by atoms with Gasteiger partial charge in [0.15, 0.2) is 0 Å². The number of carboxylic acids is 4. The predicted octanol–water partition coefficient (Wildman–Crippen LogP) is 2.46. The minimum atomic E-state index is -1.38. The lowest BCUT2D eigenvalue weighted by molar-refractivity contribution is -0.143. The molecule has 2 rings (SSSR count). The average molecular weight is 830 g/mol. The standard InChI is InChI=1S/C41H59N5O13/c1-2-3-18-42-35(49)7-5-4-6-19-43-36(50)15-10-28-8-13-33(47)30(22-28)24-45(26-39(54)55)20-21-46(27-40(56)57)25-31-23-29(9-14-34(31)48)11-16-37(51)44-32(41(58)59)12-17-38(52)53/h8-9,13-14,22-23,32,47-48H,2-7,10-12,15-21,24-27H2,1H3,(H,42,49)(H,43,50)(H,44,51)(H,52,53)(H,54,55)(H,56,57)(H,58,59). The van der Waals surface area contributed by atoms with E-state index in [0.717, 1.165) is 37.7 Å². The van der Waals surface area contributed by atoms with Crippen LogP contribution < -0.4 is 16.0 Å². The van der Waals surface area contributed by atoms with Crippen LogP contribution >= 0.6 is 0 Å². The van der Waals surface area contributed by atoms with E-state index in [9.17, 15) is 59.1 Å². The van der Waals surface area contributed by atoms with Crippen LogP contribution in [0.15, 0.2) is 36.4 Å². The molecule has 18 nitrogen and oxygen atoms in total. The maximum Gasteiger partial charge on any atom is 0.326 e. The molecule has 1 unspecified atom stereocenters. The van der Waals surface area contributed by atoms with Crippen molar-refractivity contribution in [1.82, 2.24) is 25.8 Å². The lowest BCUT2D eigenvalue weighted by Crippen LogP contribution is -2.41. The van der Waals surface area contributed by atoms with Crippen LogP contribution in [0.4, 0.5) is 0 Å². The molecule has 0 radical (unpaired) electrons. The molecule has 2 aromatic carbocycles. The van der Waals surface area contributed by atoms with Crippen LogP contribution in [0.2, 0.25) is 0 Å². The van der Waals surface area contributed by atoms with E-state index in [1.54, 1.807) is 24.3 Å². The largest absolute Gasteiger partial charge is 0.508 e. The normalized spacial score (nSPS) is 11.6. The van der Waals surface area contributed by atoms with Crippen LogP contribution in [-0.4, -0.2) is 127 Å². The van der Waals surface area contributed by atoms with Gasteiger partial charge in [-0.25, -0.2) is 4.79 Å². The quantitative estimate of drug-likeness (QED) is 0.0494. The van der Waals surface area contributed by atoms with Gasteiger partial charge in [0.2, 0.25) is 17.7 Å². The number of unbranched alkanes of at least 4 members (excludes halogenated alkanes) is 3. The number of benzene rings is 2. The van der Waals surface area contributed by atoms with Gasteiger partial charge in [-0.15, -0.1) is 0 Å². The molecule has 0 saturated carbocycles. The SMILES string of the molecule is CCCCNC(=O)CCCCCNC(=O)CCc1ccc(O)c(CN(CCN(CC(=O)O)Cc2cc(CCC(=O)NC(CCC(=O)O)C(=O)O)ccc2O)CC(=O)O)c1. The first kappa shape index (κ1) is 49.4. The Morgan fingerprint density at radius 3 is 1.56 bits per heavy atom. The van der Waals surface area contributed by atoms with Crippen molar-refractivity contribution >= 4 is 41.6 Å². The van der Waals surface area contributed by atoms with Crippen LogP contribution in [0.5, 0.6) is 11.5 Å². The van der Waals surface area contributed by atoms with E-state index in [1.165, 1.54) is 21.9 Å². The number of rotatable bonds is 31. The van der Waals surface area contributed by atoms with Crippen molar-refractivity contribution in [1.29, 1.82) is 0 Å². The summed E-state index contributed by atoms with van der Waals surface area (Å²) >= 11 is 0. The van der Waals surface area contributed by atoms with Crippen molar-refractivity contribution in [3.63, 3.8) is 0 Å². The molecule has 326 valence electrons. The van der Waals surface area contributed by atoms with Crippen molar-refractivity contribution in [3.05, 3.63) is 58.7 Å². The fourth-order valence-electron chi connectivity index (χ4n) is 6.12. The highest BCUT2D eigenvalue weighted by Crippen LogP contribution is 2.23. The smallest absolute Gasteiger partial charge is 0.326 e. The second-order valence-electron chi connectivity index (χ2n) is 14.4. The Balaban J connectivity index is 1.98. The van der Waals surface area contributed by atoms with E-state index in [-0.39, 0.29) is 75.2 Å². The van der Waals surface area contributed by atoms with Crippen LogP contribution in [0.25, 0.3) is 0 Å². The maximum absolute atomic E-state index is 12.5. The molecule has 59 heavy (non-hydrogen) atoms. The summed E-state index contributed by atoms with van der Waals surface area (Å²) in [7, 11) is 0. The minimum absolute atomic E-state index is 0.00243. The number of nitrogens with zero attached hydrogens (tertiary/aromatic N) is 2. The van der Waals surface area contributed by atoms with Gasteiger partial charge in [0.05, 0.1) is 13.1 Å². The highest BCUT2D eigenvalue weighted by Gasteiger charge is 2.22. The molecule has 9 N–H and O–H groups in total. The fraction of sp³-hybridized carbons (Fsp3) is 0.537. The summed E-state index contributed by atoms with van der Waals surface area (Å²) in [6.45, 7) is 2.38. The molecule has 3 amide bonds. The molecule has 0 aliphatic carbocycles. The number of aliphatic carboxylic acids is 4. The molecule has 2 aromatic rings. The molecule has 0 bridgehead atoms. The highest BCUT2D eigenvalue weighted by molar-refractivity contribution is 5.84. The Labute approximate surface area is 343 Å². The van der Waals surface area contributed by atoms with Gasteiger partial charge in [-0.3, -0.25) is 38.6 Å². The molecular formula is C41H59N5O13. The lowest BCUT2D eigenvalue weighted by Gasteiger charge is -2.26. The van der Waals surface area contributed by atoms with Gasteiger partial charge in [-0.2, -0.15) is 0 Å². The second kappa shape index (κ2) is 27.0. The maximum atomic E-state index is 12.5. The number of hydrogen-bond acceptors (Lipinski definition) is 11. The van der Waals surface area contributed by atoms with Crippen LogP contribution in [-0.2, 0) is 59.5 Å². The van der Waals surface area contributed by atoms with Gasteiger partial charge in [0.25, 0.3) is 0 Å².